The first kappa shape index (κ1) is 29.0. The molecule has 3 fully saturated rings. The van der Waals surface area contributed by atoms with Crippen LogP contribution in [0.2, 0.25) is 5.02 Å². The SMILES string of the molecule is COc1cccc(O)c1[C@H]1C2=CC[C@@H]3C(=O)N(O)C(=O)[C@@H]3[C@@H]2C[C@H]2C(=O)N(Nc3ccc(F)cc3)C(=O)[C@@]12c1ccc(Cl)cc1. The maximum Gasteiger partial charge on any atom is 0.260 e. The number of carbonyl (C=O) groups excluding carboxylic acids is 4. The molecule has 0 bridgehead atoms. The van der Waals surface area contributed by atoms with Gasteiger partial charge in [-0.2, -0.15) is 10.1 Å². The summed E-state index contributed by atoms with van der Waals surface area (Å²) in [5, 5.41) is 23.2. The van der Waals surface area contributed by atoms with Crippen LogP contribution in [0.3, 0.4) is 0 Å². The van der Waals surface area contributed by atoms with E-state index in [9.17, 15) is 29.1 Å². The van der Waals surface area contributed by atoms with Gasteiger partial charge < -0.3 is 9.84 Å². The molecule has 4 aliphatic rings. The fraction of sp³-hybridized carbons (Fsp3) is 0.273. The van der Waals surface area contributed by atoms with Crippen molar-refractivity contribution >= 4 is 40.9 Å². The van der Waals surface area contributed by atoms with Crippen LogP contribution in [-0.4, -0.2) is 51.1 Å². The molecular formula is C33H27ClFN3O7. The van der Waals surface area contributed by atoms with E-state index < -0.39 is 64.5 Å². The number of hydroxylamine groups is 2. The molecule has 1 saturated carbocycles. The number of methoxy groups -OCH3 is 1. The number of phenols is 1. The molecule has 10 nitrogen and oxygen atoms in total. The second-order valence-electron chi connectivity index (χ2n) is 11.8. The van der Waals surface area contributed by atoms with Gasteiger partial charge in [0.15, 0.2) is 0 Å². The van der Waals surface area contributed by atoms with Gasteiger partial charge in [-0.05, 0) is 72.9 Å². The molecular weight excluding hydrogens is 605 g/mol. The number of aromatic hydroxyl groups is 1. The Morgan fingerprint density at radius 1 is 0.956 bits per heavy atom. The van der Waals surface area contributed by atoms with Gasteiger partial charge in [-0.1, -0.05) is 41.4 Å². The molecule has 2 aliphatic heterocycles. The van der Waals surface area contributed by atoms with Crippen LogP contribution in [0.5, 0.6) is 11.5 Å². The van der Waals surface area contributed by atoms with Gasteiger partial charge in [-0.3, -0.25) is 29.8 Å². The molecule has 3 aromatic carbocycles. The number of amides is 4. The van der Waals surface area contributed by atoms with Crippen LogP contribution in [-0.2, 0) is 24.6 Å². The zero-order valence-electron chi connectivity index (χ0n) is 23.8. The summed E-state index contributed by atoms with van der Waals surface area (Å²) in [6.45, 7) is 0. The average Bonchev–Trinajstić information content (AvgIpc) is 3.39. The number of hydrazine groups is 1. The molecule has 2 heterocycles. The number of allylic oxidation sites excluding steroid dienone is 2. The Balaban J connectivity index is 1.51. The zero-order valence-corrected chi connectivity index (χ0v) is 24.6. The summed E-state index contributed by atoms with van der Waals surface area (Å²) in [6, 6.07) is 16.4. The van der Waals surface area contributed by atoms with Gasteiger partial charge in [-0.25, -0.2) is 4.39 Å². The van der Waals surface area contributed by atoms with Crippen LogP contribution in [0.15, 0.2) is 78.4 Å². The van der Waals surface area contributed by atoms with Gasteiger partial charge in [0.2, 0.25) is 0 Å². The summed E-state index contributed by atoms with van der Waals surface area (Å²) < 4.78 is 19.4. The number of halogens is 2. The molecule has 230 valence electrons. The van der Waals surface area contributed by atoms with Gasteiger partial charge in [0, 0.05) is 16.5 Å². The lowest BCUT2D eigenvalue weighted by molar-refractivity contribution is -0.173. The number of rotatable bonds is 5. The summed E-state index contributed by atoms with van der Waals surface area (Å²) in [6.07, 6.45) is 1.88. The van der Waals surface area contributed by atoms with Crippen LogP contribution in [0, 0.1) is 29.5 Å². The number of phenolic OH excluding ortho intramolecular Hbond substituents is 1. The third-order valence-corrected chi connectivity index (χ3v) is 10.0. The van der Waals surface area contributed by atoms with Crippen molar-refractivity contribution in [3.63, 3.8) is 0 Å². The highest BCUT2D eigenvalue weighted by Gasteiger charge is 2.71. The minimum absolute atomic E-state index is 0.0128. The normalized spacial score (nSPS) is 28.9. The quantitative estimate of drug-likeness (QED) is 0.212. The first-order valence-corrected chi connectivity index (χ1v) is 14.8. The van der Waals surface area contributed by atoms with E-state index in [2.05, 4.69) is 5.43 Å². The first-order valence-electron chi connectivity index (χ1n) is 14.4. The number of anilines is 1. The summed E-state index contributed by atoms with van der Waals surface area (Å²) in [5.74, 6) is -7.92. The van der Waals surface area contributed by atoms with Crippen molar-refractivity contribution in [2.75, 3.05) is 12.5 Å². The molecule has 6 atom stereocenters. The van der Waals surface area contributed by atoms with E-state index in [0.29, 0.717) is 16.2 Å². The van der Waals surface area contributed by atoms with Crippen LogP contribution in [0.4, 0.5) is 10.1 Å². The van der Waals surface area contributed by atoms with Gasteiger partial charge in [0.25, 0.3) is 23.6 Å². The maximum absolute atomic E-state index is 15.0. The maximum atomic E-state index is 15.0. The second kappa shape index (κ2) is 10.4. The lowest BCUT2D eigenvalue weighted by atomic mass is 9.49. The lowest BCUT2D eigenvalue weighted by Gasteiger charge is -2.50. The van der Waals surface area contributed by atoms with E-state index in [0.717, 1.165) is 5.01 Å². The Morgan fingerprint density at radius 3 is 2.36 bits per heavy atom. The van der Waals surface area contributed by atoms with E-state index in [4.69, 9.17) is 16.3 Å². The van der Waals surface area contributed by atoms with E-state index in [1.165, 1.54) is 37.4 Å². The van der Waals surface area contributed by atoms with Crippen molar-refractivity contribution < 1.29 is 38.6 Å². The number of nitrogens with one attached hydrogen (secondary N) is 1. The number of ether oxygens (including phenoxy) is 1. The van der Waals surface area contributed by atoms with Crippen molar-refractivity contribution in [2.24, 2.45) is 23.7 Å². The van der Waals surface area contributed by atoms with Gasteiger partial charge in [0.1, 0.15) is 17.3 Å². The smallest absolute Gasteiger partial charge is 0.260 e. The predicted molar refractivity (Wildman–Crippen MR) is 157 cm³/mol. The average molecular weight is 632 g/mol. The first-order chi connectivity index (χ1) is 21.6. The lowest BCUT2D eigenvalue weighted by Crippen LogP contribution is -2.53. The van der Waals surface area contributed by atoms with Crippen molar-refractivity contribution in [1.29, 1.82) is 0 Å². The Hall–Kier alpha value is -4.74. The summed E-state index contributed by atoms with van der Waals surface area (Å²) in [4.78, 5) is 55.7. The van der Waals surface area contributed by atoms with Crippen molar-refractivity contribution in [3.8, 4) is 11.5 Å². The van der Waals surface area contributed by atoms with Crippen molar-refractivity contribution in [3.05, 3.63) is 100 Å². The molecule has 2 aliphatic carbocycles. The third kappa shape index (κ3) is 4.03. The van der Waals surface area contributed by atoms with Gasteiger partial charge >= 0.3 is 0 Å². The number of carbonyl (C=O) groups is 4. The molecule has 0 unspecified atom stereocenters. The number of benzene rings is 3. The highest BCUT2D eigenvalue weighted by Crippen LogP contribution is 2.65. The molecule has 0 aromatic heterocycles. The van der Waals surface area contributed by atoms with E-state index >= 15 is 4.79 Å². The number of hydrogen-bond acceptors (Lipinski definition) is 8. The highest BCUT2D eigenvalue weighted by atomic mass is 35.5. The Bertz CT molecular complexity index is 1800. The Labute approximate surface area is 261 Å². The number of imide groups is 2. The molecule has 45 heavy (non-hydrogen) atoms. The molecule has 4 amide bonds. The molecule has 7 rings (SSSR count). The monoisotopic (exact) mass is 631 g/mol. The summed E-state index contributed by atoms with van der Waals surface area (Å²) in [7, 11) is 1.42. The van der Waals surface area contributed by atoms with E-state index in [1.807, 2.05) is 0 Å². The third-order valence-electron chi connectivity index (χ3n) is 9.78. The minimum atomic E-state index is -1.68. The van der Waals surface area contributed by atoms with Gasteiger partial charge in [0.05, 0.1) is 36.0 Å². The number of nitrogens with zero attached hydrogens (tertiary/aromatic N) is 2. The van der Waals surface area contributed by atoms with Crippen LogP contribution < -0.4 is 10.2 Å². The standard InChI is InChI=1S/C33H27ClFN3O7/c1-45-25-4-2-3-24(39)27(25)28-20-13-14-21-26(31(42)38(44)29(21)40)22(20)15-23-30(41)37(36-19-11-9-18(35)10-12-19)32(43)33(23,28)16-5-7-17(34)8-6-16/h2-13,21-23,26,28,36,39,44H,14-15H2,1H3/t21-,22+,23-,26-,28+,33+/m0/s1. The Kier molecular flexibility index (Phi) is 6.72. The molecule has 3 aromatic rings. The second-order valence-corrected chi connectivity index (χ2v) is 12.2. The van der Waals surface area contributed by atoms with Crippen LogP contribution in [0.1, 0.15) is 29.9 Å². The largest absolute Gasteiger partial charge is 0.508 e. The summed E-state index contributed by atoms with van der Waals surface area (Å²) >= 11 is 6.27. The number of fused-ring (bicyclic) bond motifs is 4. The van der Waals surface area contributed by atoms with Crippen molar-refractivity contribution in [2.45, 2.75) is 24.2 Å². The minimum Gasteiger partial charge on any atom is -0.508 e. The fourth-order valence-corrected chi connectivity index (χ4v) is 8.08. The van der Waals surface area contributed by atoms with Crippen LogP contribution in [0.25, 0.3) is 0 Å². The Morgan fingerprint density at radius 2 is 1.67 bits per heavy atom. The highest BCUT2D eigenvalue weighted by molar-refractivity contribution is 6.30. The van der Waals surface area contributed by atoms with Crippen molar-refractivity contribution in [1.82, 2.24) is 10.1 Å². The number of hydrogen-bond donors (Lipinski definition) is 3. The van der Waals surface area contributed by atoms with E-state index in [-0.39, 0.29) is 40.7 Å². The predicted octanol–water partition coefficient (Wildman–Crippen LogP) is 4.57. The fourth-order valence-electron chi connectivity index (χ4n) is 7.95. The molecule has 2 saturated heterocycles. The molecule has 12 heteroatoms. The van der Waals surface area contributed by atoms with Crippen LogP contribution >= 0.6 is 11.6 Å². The topological polar surface area (TPSA) is 136 Å². The zero-order chi connectivity index (χ0) is 31.8. The van der Waals surface area contributed by atoms with E-state index in [1.54, 1.807) is 42.5 Å². The van der Waals surface area contributed by atoms with Gasteiger partial charge in [-0.15, -0.1) is 0 Å². The molecule has 0 spiro atoms. The molecule has 3 N–H and O–H groups in total. The molecule has 0 radical (unpaired) electrons. The summed E-state index contributed by atoms with van der Waals surface area (Å²) in [5.41, 5.74) is 2.70.